The zero-order valence-corrected chi connectivity index (χ0v) is 30.4. The minimum Gasteiger partial charge on any atom is -0.456 e. The SMILES string of the molecule is c1ccc(-c2nc(-c3ccc4oc5cc(-c6ccc7c8ccccc8n(-c8ccccc8)c7c6)ccc5c4c3)nc(-c3cccc4c3oc3ccccc34)n2)cc1. The third kappa shape index (κ3) is 5.01. The van der Waals surface area contributed by atoms with Crippen molar-refractivity contribution in [3.63, 3.8) is 0 Å². The van der Waals surface area contributed by atoms with Gasteiger partial charge in [0.2, 0.25) is 0 Å². The topological polar surface area (TPSA) is 69.9 Å². The Morgan fingerprint density at radius 2 is 0.947 bits per heavy atom. The molecular formula is C51H30N4O2. The van der Waals surface area contributed by atoms with Crippen LogP contribution in [0.25, 0.3) is 117 Å². The smallest absolute Gasteiger partial charge is 0.167 e. The molecule has 6 nitrogen and oxygen atoms in total. The van der Waals surface area contributed by atoms with Crippen LogP contribution in [0.4, 0.5) is 0 Å². The van der Waals surface area contributed by atoms with Crippen molar-refractivity contribution in [2.75, 3.05) is 0 Å². The van der Waals surface area contributed by atoms with E-state index in [4.69, 9.17) is 23.8 Å². The molecule has 8 aromatic carbocycles. The molecule has 0 N–H and O–H groups in total. The Morgan fingerprint density at radius 1 is 0.333 bits per heavy atom. The van der Waals surface area contributed by atoms with E-state index < -0.39 is 0 Å². The number of furan rings is 2. The number of rotatable bonds is 5. The van der Waals surface area contributed by atoms with E-state index in [9.17, 15) is 0 Å². The second-order valence-electron chi connectivity index (χ2n) is 14.4. The third-order valence-electron chi connectivity index (χ3n) is 11.1. The predicted octanol–water partition coefficient (Wildman–Crippen LogP) is 13.4. The van der Waals surface area contributed by atoms with Crippen molar-refractivity contribution in [1.29, 1.82) is 0 Å². The van der Waals surface area contributed by atoms with E-state index in [-0.39, 0.29) is 0 Å². The fourth-order valence-electron chi connectivity index (χ4n) is 8.37. The lowest BCUT2D eigenvalue weighted by atomic mass is 10.0. The molecule has 4 aromatic heterocycles. The summed E-state index contributed by atoms with van der Waals surface area (Å²) in [5.74, 6) is 1.71. The highest BCUT2D eigenvalue weighted by atomic mass is 16.3. The van der Waals surface area contributed by atoms with Crippen LogP contribution in [0.1, 0.15) is 0 Å². The molecule has 0 aliphatic heterocycles. The number of hydrogen-bond donors (Lipinski definition) is 0. The van der Waals surface area contributed by atoms with E-state index in [2.05, 4.69) is 114 Å². The van der Waals surface area contributed by atoms with E-state index in [1.807, 2.05) is 72.8 Å². The molecule has 0 saturated carbocycles. The van der Waals surface area contributed by atoms with Gasteiger partial charge in [-0.05, 0) is 77.9 Å². The zero-order chi connectivity index (χ0) is 37.5. The van der Waals surface area contributed by atoms with Gasteiger partial charge in [-0.2, -0.15) is 0 Å². The Balaban J connectivity index is 0.985. The summed E-state index contributed by atoms with van der Waals surface area (Å²) in [5, 5.41) is 6.57. The predicted molar refractivity (Wildman–Crippen MR) is 230 cm³/mol. The summed E-state index contributed by atoms with van der Waals surface area (Å²) < 4.78 is 15.3. The van der Waals surface area contributed by atoms with Crippen LogP contribution in [-0.2, 0) is 0 Å². The van der Waals surface area contributed by atoms with E-state index in [0.29, 0.717) is 17.5 Å². The molecule has 0 bridgehead atoms. The summed E-state index contributed by atoms with van der Waals surface area (Å²) in [6.07, 6.45) is 0. The summed E-state index contributed by atoms with van der Waals surface area (Å²) in [4.78, 5) is 15.1. The molecule has 0 fully saturated rings. The Kier molecular flexibility index (Phi) is 6.83. The maximum atomic E-state index is 6.53. The first-order valence-corrected chi connectivity index (χ1v) is 19.0. The van der Waals surface area contributed by atoms with Gasteiger partial charge in [0.1, 0.15) is 22.3 Å². The first kappa shape index (κ1) is 31.5. The van der Waals surface area contributed by atoms with Gasteiger partial charge in [-0.3, -0.25) is 0 Å². The molecule has 0 amide bonds. The molecule has 4 heterocycles. The number of fused-ring (bicyclic) bond motifs is 9. The van der Waals surface area contributed by atoms with E-state index in [0.717, 1.165) is 82.9 Å². The Morgan fingerprint density at radius 3 is 1.81 bits per heavy atom. The molecule has 0 aliphatic carbocycles. The number of para-hydroxylation sites is 4. The lowest BCUT2D eigenvalue weighted by Gasteiger charge is -2.09. The Bertz CT molecular complexity index is 3530. The first-order valence-electron chi connectivity index (χ1n) is 19.0. The number of aromatic nitrogens is 4. The number of hydrogen-bond acceptors (Lipinski definition) is 5. The third-order valence-corrected chi connectivity index (χ3v) is 11.1. The highest BCUT2D eigenvalue weighted by Crippen LogP contribution is 2.39. The van der Waals surface area contributed by atoms with Crippen molar-refractivity contribution in [3.8, 4) is 51.0 Å². The summed E-state index contributed by atoms with van der Waals surface area (Å²) in [5.41, 5.74) is 11.5. The van der Waals surface area contributed by atoms with Gasteiger partial charge in [0.05, 0.1) is 16.6 Å². The quantitative estimate of drug-likeness (QED) is 0.176. The number of benzene rings is 8. The van der Waals surface area contributed by atoms with Crippen LogP contribution in [0.5, 0.6) is 0 Å². The van der Waals surface area contributed by atoms with Crippen LogP contribution >= 0.6 is 0 Å². The van der Waals surface area contributed by atoms with Gasteiger partial charge in [0.15, 0.2) is 17.5 Å². The number of nitrogens with zero attached hydrogens (tertiary/aromatic N) is 4. The van der Waals surface area contributed by atoms with Crippen LogP contribution in [-0.4, -0.2) is 19.5 Å². The summed E-state index contributed by atoms with van der Waals surface area (Å²) in [7, 11) is 0. The average Bonchev–Trinajstić information content (AvgIpc) is 3.95. The standard InChI is InChI=1S/C51H30N4O2/c1-3-12-31(13-4-1)49-52-50(54-51(53-49)41-19-11-18-40-38-17-8-10-21-45(38)57-48(40)41)34-24-27-46-42(28-34)39-26-23-33(30-47(39)56-46)32-22-25-37-36-16-7-9-20-43(36)55(44(37)29-32)35-14-5-2-6-15-35/h1-30H. The van der Waals surface area contributed by atoms with Crippen molar-refractivity contribution >= 4 is 65.7 Å². The molecular weight excluding hydrogens is 701 g/mol. The van der Waals surface area contributed by atoms with Crippen LogP contribution in [0, 0.1) is 0 Å². The monoisotopic (exact) mass is 730 g/mol. The van der Waals surface area contributed by atoms with Crippen molar-refractivity contribution in [3.05, 3.63) is 182 Å². The maximum Gasteiger partial charge on any atom is 0.167 e. The maximum absolute atomic E-state index is 6.53. The van der Waals surface area contributed by atoms with Gasteiger partial charge in [-0.15, -0.1) is 0 Å². The first-order chi connectivity index (χ1) is 28.2. The van der Waals surface area contributed by atoms with Crippen LogP contribution in [0.15, 0.2) is 191 Å². The van der Waals surface area contributed by atoms with Gasteiger partial charge in [0, 0.05) is 49.1 Å². The van der Waals surface area contributed by atoms with Crippen molar-refractivity contribution in [2.45, 2.75) is 0 Å². The molecule has 0 aliphatic rings. The molecule has 0 unspecified atom stereocenters. The lowest BCUT2D eigenvalue weighted by molar-refractivity contribution is 0.669. The van der Waals surface area contributed by atoms with Crippen LogP contribution in [0.3, 0.4) is 0 Å². The van der Waals surface area contributed by atoms with Crippen LogP contribution < -0.4 is 0 Å². The molecule has 12 rings (SSSR count). The van der Waals surface area contributed by atoms with Crippen molar-refractivity contribution in [1.82, 2.24) is 19.5 Å². The minimum absolute atomic E-state index is 0.550. The molecule has 0 atom stereocenters. The second kappa shape index (κ2) is 12.3. The minimum atomic E-state index is 0.550. The van der Waals surface area contributed by atoms with Gasteiger partial charge in [-0.1, -0.05) is 115 Å². The van der Waals surface area contributed by atoms with Gasteiger partial charge in [0.25, 0.3) is 0 Å². The highest BCUT2D eigenvalue weighted by molar-refractivity contribution is 6.12. The second-order valence-corrected chi connectivity index (χ2v) is 14.4. The van der Waals surface area contributed by atoms with Gasteiger partial charge >= 0.3 is 0 Å². The van der Waals surface area contributed by atoms with Crippen LogP contribution in [0.2, 0.25) is 0 Å². The fraction of sp³-hybridized carbons (Fsp3) is 0. The highest BCUT2D eigenvalue weighted by Gasteiger charge is 2.19. The molecule has 12 aromatic rings. The molecule has 266 valence electrons. The van der Waals surface area contributed by atoms with E-state index >= 15 is 0 Å². The summed E-state index contributed by atoms with van der Waals surface area (Å²) in [6, 6.07) is 62.8. The molecule has 6 heteroatoms. The zero-order valence-electron chi connectivity index (χ0n) is 30.4. The molecule has 0 radical (unpaired) electrons. The van der Waals surface area contributed by atoms with Crippen molar-refractivity contribution in [2.24, 2.45) is 0 Å². The normalized spacial score (nSPS) is 11.9. The Labute approximate surface area is 325 Å². The van der Waals surface area contributed by atoms with Gasteiger partial charge < -0.3 is 13.4 Å². The largest absolute Gasteiger partial charge is 0.456 e. The van der Waals surface area contributed by atoms with E-state index in [1.165, 1.54) is 16.3 Å². The summed E-state index contributed by atoms with van der Waals surface area (Å²) >= 11 is 0. The Hall–Kier alpha value is -7.83. The average molecular weight is 731 g/mol. The van der Waals surface area contributed by atoms with Gasteiger partial charge in [-0.25, -0.2) is 15.0 Å². The fourth-order valence-corrected chi connectivity index (χ4v) is 8.37. The lowest BCUT2D eigenvalue weighted by Crippen LogP contribution is -2.00. The summed E-state index contributed by atoms with van der Waals surface area (Å²) in [6.45, 7) is 0. The van der Waals surface area contributed by atoms with Crippen molar-refractivity contribution < 1.29 is 8.83 Å². The van der Waals surface area contributed by atoms with E-state index in [1.54, 1.807) is 0 Å². The molecule has 57 heavy (non-hydrogen) atoms. The molecule has 0 saturated heterocycles. The molecule has 0 spiro atoms.